The van der Waals surface area contributed by atoms with Gasteiger partial charge in [-0.25, -0.2) is 0 Å². The van der Waals surface area contributed by atoms with Crippen LogP contribution in [0.25, 0.3) is 22.0 Å². The van der Waals surface area contributed by atoms with Crippen LogP contribution in [0.2, 0.25) is 0 Å². The molecule has 34 heavy (non-hydrogen) atoms. The van der Waals surface area contributed by atoms with Gasteiger partial charge in [-0.2, -0.15) is 5.10 Å². The van der Waals surface area contributed by atoms with Gasteiger partial charge >= 0.3 is 0 Å². The molecule has 0 unspecified atom stereocenters. The Kier molecular flexibility index (Phi) is 6.33. The van der Waals surface area contributed by atoms with Crippen molar-refractivity contribution in [2.75, 3.05) is 32.5 Å². The number of likely N-dealkylation sites (tertiary alicyclic amines) is 1. The van der Waals surface area contributed by atoms with Crippen LogP contribution in [-0.4, -0.2) is 63.1 Å². The second kappa shape index (κ2) is 9.70. The first-order chi connectivity index (χ1) is 16.5. The van der Waals surface area contributed by atoms with Crippen molar-refractivity contribution >= 4 is 22.5 Å². The van der Waals surface area contributed by atoms with Crippen molar-refractivity contribution in [1.29, 1.82) is 0 Å². The van der Waals surface area contributed by atoms with Crippen molar-refractivity contribution in [2.45, 2.75) is 25.9 Å². The first-order valence-electron chi connectivity index (χ1n) is 11.6. The minimum Gasteiger partial charge on any atom is -0.319 e. The van der Waals surface area contributed by atoms with Crippen LogP contribution in [0.5, 0.6) is 0 Å². The highest BCUT2D eigenvalue weighted by Gasteiger charge is 2.17. The summed E-state index contributed by atoms with van der Waals surface area (Å²) in [5.74, 6) is -0.261. The van der Waals surface area contributed by atoms with Crippen LogP contribution in [0.4, 0.5) is 5.69 Å². The van der Waals surface area contributed by atoms with Gasteiger partial charge in [0, 0.05) is 42.6 Å². The number of anilines is 1. The number of benzene rings is 1. The van der Waals surface area contributed by atoms with Crippen molar-refractivity contribution in [1.82, 2.24) is 30.0 Å². The number of carbonyl (C=O) groups excluding carboxylic acids is 1. The highest BCUT2D eigenvalue weighted by Crippen LogP contribution is 2.26. The molecule has 0 spiro atoms. The minimum absolute atomic E-state index is 0.261. The number of H-pyrrole nitrogens is 1. The van der Waals surface area contributed by atoms with E-state index < -0.39 is 0 Å². The predicted octanol–water partition coefficient (Wildman–Crippen LogP) is 3.93. The van der Waals surface area contributed by atoms with Crippen LogP contribution in [-0.2, 0) is 13.1 Å². The highest BCUT2D eigenvalue weighted by molar-refractivity contribution is 6.11. The maximum Gasteiger partial charge on any atom is 0.276 e. The second-order valence-corrected chi connectivity index (χ2v) is 9.17. The van der Waals surface area contributed by atoms with E-state index in [9.17, 15) is 4.79 Å². The van der Waals surface area contributed by atoms with Gasteiger partial charge in [-0.15, -0.1) is 0 Å². The summed E-state index contributed by atoms with van der Waals surface area (Å²) < 4.78 is 0. The zero-order valence-corrected chi connectivity index (χ0v) is 19.6. The molecular formula is C26H29N7O. The monoisotopic (exact) mass is 455 g/mol. The fourth-order valence-corrected chi connectivity index (χ4v) is 4.50. The third kappa shape index (κ3) is 4.98. The summed E-state index contributed by atoms with van der Waals surface area (Å²) in [5.41, 5.74) is 6.08. The first kappa shape index (κ1) is 22.2. The Morgan fingerprint density at radius 3 is 2.62 bits per heavy atom. The third-order valence-corrected chi connectivity index (χ3v) is 6.06. The van der Waals surface area contributed by atoms with E-state index in [4.69, 9.17) is 0 Å². The molecule has 4 aromatic rings. The molecule has 0 saturated carbocycles. The van der Waals surface area contributed by atoms with E-state index in [1.807, 2.05) is 57.0 Å². The number of aromatic nitrogens is 4. The number of fused-ring (bicyclic) bond motifs is 1. The number of nitrogens with one attached hydrogen (secondary N) is 2. The molecule has 2 N–H and O–H groups in total. The molecule has 0 bridgehead atoms. The second-order valence-electron chi connectivity index (χ2n) is 9.17. The average molecular weight is 456 g/mol. The molecule has 8 nitrogen and oxygen atoms in total. The largest absolute Gasteiger partial charge is 0.319 e. The SMILES string of the molecule is CN(C)Cc1cncc(-c2ccc3[nH]nc(C(=O)Nc4cncc(CN5CCCC5)c4)c3c2)c1. The minimum atomic E-state index is -0.261. The molecule has 1 amide bonds. The smallest absolute Gasteiger partial charge is 0.276 e. The van der Waals surface area contributed by atoms with Crippen LogP contribution in [0.3, 0.4) is 0 Å². The van der Waals surface area contributed by atoms with Crippen LogP contribution in [0, 0.1) is 0 Å². The lowest BCUT2D eigenvalue weighted by molar-refractivity contribution is 0.102. The molecule has 1 aromatic carbocycles. The van der Waals surface area contributed by atoms with Gasteiger partial charge in [0.15, 0.2) is 5.69 Å². The molecule has 4 heterocycles. The number of carbonyl (C=O) groups is 1. The van der Waals surface area contributed by atoms with E-state index >= 15 is 0 Å². The molecule has 3 aromatic heterocycles. The number of hydrogen-bond acceptors (Lipinski definition) is 6. The summed E-state index contributed by atoms with van der Waals surface area (Å²) in [4.78, 5) is 26.4. The number of hydrogen-bond donors (Lipinski definition) is 2. The molecule has 1 fully saturated rings. The summed E-state index contributed by atoms with van der Waals surface area (Å²) >= 11 is 0. The quantitative estimate of drug-likeness (QED) is 0.439. The molecule has 174 valence electrons. The Hall–Kier alpha value is -3.62. The fraction of sp³-hybridized carbons (Fsp3) is 0.308. The van der Waals surface area contributed by atoms with E-state index in [2.05, 4.69) is 41.3 Å². The Balaban J connectivity index is 1.37. The predicted molar refractivity (Wildman–Crippen MR) is 133 cm³/mol. The van der Waals surface area contributed by atoms with Crippen molar-refractivity contribution in [3.63, 3.8) is 0 Å². The summed E-state index contributed by atoms with van der Waals surface area (Å²) in [5, 5.41) is 11.0. The highest BCUT2D eigenvalue weighted by atomic mass is 16.1. The molecular weight excluding hydrogens is 426 g/mol. The summed E-state index contributed by atoms with van der Waals surface area (Å²) in [6.45, 7) is 3.90. The Morgan fingerprint density at radius 2 is 1.79 bits per heavy atom. The molecule has 0 atom stereocenters. The summed E-state index contributed by atoms with van der Waals surface area (Å²) in [7, 11) is 4.07. The Bertz CT molecular complexity index is 1310. The van der Waals surface area contributed by atoms with Crippen LogP contribution >= 0.6 is 0 Å². The van der Waals surface area contributed by atoms with E-state index in [-0.39, 0.29) is 5.91 Å². The topological polar surface area (TPSA) is 90.0 Å². The van der Waals surface area contributed by atoms with E-state index in [0.717, 1.165) is 59.3 Å². The van der Waals surface area contributed by atoms with Gasteiger partial charge in [0.25, 0.3) is 5.91 Å². The van der Waals surface area contributed by atoms with Crippen molar-refractivity contribution in [3.05, 3.63) is 71.9 Å². The lowest BCUT2D eigenvalue weighted by Crippen LogP contribution is -2.19. The van der Waals surface area contributed by atoms with Crippen LogP contribution in [0.15, 0.2) is 55.1 Å². The van der Waals surface area contributed by atoms with E-state index in [1.165, 1.54) is 12.8 Å². The summed E-state index contributed by atoms with van der Waals surface area (Å²) in [6.07, 6.45) is 9.75. The maximum atomic E-state index is 13.1. The third-order valence-electron chi connectivity index (χ3n) is 6.06. The number of pyridine rings is 2. The molecule has 1 aliphatic rings. The van der Waals surface area contributed by atoms with Crippen LogP contribution < -0.4 is 5.32 Å². The maximum absolute atomic E-state index is 13.1. The standard InChI is InChI=1S/C26H29N7O/c1-32(2)16-18-9-21(14-27-12-18)20-5-6-24-23(11-20)25(31-30-24)26(34)29-22-10-19(13-28-15-22)17-33-7-3-4-8-33/h5-6,9-15H,3-4,7-8,16-17H2,1-2H3,(H,29,34)(H,30,31). The van der Waals surface area contributed by atoms with Crippen molar-refractivity contribution in [2.24, 2.45) is 0 Å². The van der Waals surface area contributed by atoms with Crippen molar-refractivity contribution < 1.29 is 4.79 Å². The van der Waals surface area contributed by atoms with Gasteiger partial charge in [-0.3, -0.25) is 24.8 Å². The molecule has 0 radical (unpaired) electrons. The zero-order chi connectivity index (χ0) is 23.5. The Morgan fingerprint density at radius 1 is 1.00 bits per heavy atom. The summed E-state index contributed by atoms with van der Waals surface area (Å²) in [6, 6.07) is 10.1. The van der Waals surface area contributed by atoms with Gasteiger partial charge < -0.3 is 10.2 Å². The number of nitrogens with zero attached hydrogens (tertiary/aromatic N) is 5. The average Bonchev–Trinajstić information content (AvgIpc) is 3.48. The molecule has 8 heteroatoms. The first-order valence-corrected chi connectivity index (χ1v) is 11.6. The number of amides is 1. The zero-order valence-electron chi connectivity index (χ0n) is 19.6. The van der Waals surface area contributed by atoms with Gasteiger partial charge in [-0.05, 0) is 81.0 Å². The van der Waals surface area contributed by atoms with E-state index in [0.29, 0.717) is 11.4 Å². The van der Waals surface area contributed by atoms with E-state index in [1.54, 1.807) is 6.20 Å². The van der Waals surface area contributed by atoms with Gasteiger partial charge in [0.2, 0.25) is 0 Å². The molecule has 1 saturated heterocycles. The lowest BCUT2D eigenvalue weighted by atomic mass is 10.0. The van der Waals surface area contributed by atoms with Crippen LogP contribution in [0.1, 0.15) is 34.5 Å². The normalized spacial score (nSPS) is 14.2. The lowest BCUT2D eigenvalue weighted by Gasteiger charge is -2.14. The molecule has 0 aliphatic carbocycles. The number of rotatable bonds is 7. The molecule has 5 rings (SSSR count). The number of aromatic amines is 1. The Labute approximate surface area is 199 Å². The van der Waals surface area contributed by atoms with Gasteiger partial charge in [0.1, 0.15) is 0 Å². The molecule has 1 aliphatic heterocycles. The van der Waals surface area contributed by atoms with Crippen molar-refractivity contribution in [3.8, 4) is 11.1 Å². The van der Waals surface area contributed by atoms with Gasteiger partial charge in [-0.1, -0.05) is 6.07 Å². The van der Waals surface area contributed by atoms with Gasteiger partial charge in [0.05, 0.1) is 17.4 Å². The fourth-order valence-electron chi connectivity index (χ4n) is 4.50.